The number of ether oxygens (including phenoxy) is 1. The molecule has 1 aliphatic carbocycles. The van der Waals surface area contributed by atoms with E-state index in [0.717, 1.165) is 24.6 Å². The Labute approximate surface area is 198 Å². The van der Waals surface area contributed by atoms with Gasteiger partial charge in [0.25, 0.3) is 5.91 Å². The van der Waals surface area contributed by atoms with Crippen LogP contribution in [-0.4, -0.2) is 58.6 Å². The van der Waals surface area contributed by atoms with Crippen LogP contribution in [0.5, 0.6) is 0 Å². The molecular formula is C22H30N4O5S2. The number of carbonyl (C=O) groups excluding carboxylic acids is 2. The number of carbonyl (C=O) groups is 2. The first-order valence-electron chi connectivity index (χ1n) is 11.6. The molecule has 0 radical (unpaired) electrons. The number of nitrogens with one attached hydrogen (secondary N) is 1. The summed E-state index contributed by atoms with van der Waals surface area (Å²) >= 11 is 0.944. The van der Waals surface area contributed by atoms with Gasteiger partial charge >= 0.3 is 5.97 Å². The summed E-state index contributed by atoms with van der Waals surface area (Å²) in [5.41, 5.74) is 0.802. The topological polar surface area (TPSA) is 119 Å². The first-order valence-corrected chi connectivity index (χ1v) is 13.8. The highest BCUT2D eigenvalue weighted by molar-refractivity contribution is 7.89. The van der Waals surface area contributed by atoms with Crippen molar-refractivity contribution in [3.05, 3.63) is 18.2 Å². The number of aromatic nitrogens is 2. The Balaban J connectivity index is 1.43. The number of rotatable bonds is 7. The van der Waals surface area contributed by atoms with Crippen LogP contribution >= 0.6 is 11.7 Å². The van der Waals surface area contributed by atoms with E-state index in [-0.39, 0.29) is 17.3 Å². The third-order valence-electron chi connectivity index (χ3n) is 6.51. The second-order valence-electron chi connectivity index (χ2n) is 8.84. The molecule has 33 heavy (non-hydrogen) atoms. The first kappa shape index (κ1) is 24.0. The molecule has 1 aromatic carbocycles. The summed E-state index contributed by atoms with van der Waals surface area (Å²) < 4.78 is 41.9. The molecule has 2 aromatic rings. The summed E-state index contributed by atoms with van der Waals surface area (Å²) in [4.78, 5) is 25.5. The highest BCUT2D eigenvalue weighted by Gasteiger charge is 2.40. The van der Waals surface area contributed by atoms with Crippen LogP contribution in [0.25, 0.3) is 11.0 Å². The Bertz CT molecular complexity index is 1100. The summed E-state index contributed by atoms with van der Waals surface area (Å²) in [6, 6.07) is 3.83. The molecular weight excluding hydrogens is 464 g/mol. The molecule has 1 saturated carbocycles. The molecule has 180 valence electrons. The van der Waals surface area contributed by atoms with E-state index >= 15 is 0 Å². The largest absolute Gasteiger partial charge is 0.451 e. The van der Waals surface area contributed by atoms with Crippen molar-refractivity contribution in [2.45, 2.75) is 75.3 Å². The standard InChI is InChI=1S/C22H30N4O5S2/c1-15(21(27)23-14-16-8-3-2-4-9-16)31-22(28)18-11-5-6-13-26(18)33(29,30)19-12-7-10-17-20(19)25-32-24-17/h7,10,12,15-16,18H,2-6,8-9,11,13-14H2,1H3,(H,23,27)/t15-,18-/m1/s1. The van der Waals surface area contributed by atoms with Crippen molar-refractivity contribution < 1.29 is 22.7 Å². The van der Waals surface area contributed by atoms with Crippen molar-refractivity contribution in [3.63, 3.8) is 0 Å². The van der Waals surface area contributed by atoms with Crippen molar-refractivity contribution in [1.29, 1.82) is 0 Å². The average Bonchev–Trinajstić information content (AvgIpc) is 3.32. The van der Waals surface area contributed by atoms with Gasteiger partial charge in [-0.15, -0.1) is 0 Å². The molecule has 1 aromatic heterocycles. The minimum Gasteiger partial charge on any atom is -0.451 e. The van der Waals surface area contributed by atoms with Gasteiger partial charge in [0, 0.05) is 13.1 Å². The molecule has 0 unspecified atom stereocenters. The summed E-state index contributed by atoms with van der Waals surface area (Å²) in [6.45, 7) is 2.31. The van der Waals surface area contributed by atoms with Gasteiger partial charge in [-0.3, -0.25) is 9.59 Å². The number of hydrogen-bond acceptors (Lipinski definition) is 8. The van der Waals surface area contributed by atoms with Crippen LogP contribution in [0.15, 0.2) is 23.1 Å². The van der Waals surface area contributed by atoms with Crippen LogP contribution in [0.1, 0.15) is 58.3 Å². The van der Waals surface area contributed by atoms with Gasteiger partial charge in [-0.25, -0.2) is 8.42 Å². The quantitative estimate of drug-likeness (QED) is 0.588. The molecule has 2 heterocycles. The number of sulfonamides is 1. The van der Waals surface area contributed by atoms with E-state index < -0.39 is 28.1 Å². The second-order valence-corrected chi connectivity index (χ2v) is 11.2. The van der Waals surface area contributed by atoms with Crippen LogP contribution in [0.3, 0.4) is 0 Å². The van der Waals surface area contributed by atoms with Crippen LogP contribution < -0.4 is 5.32 Å². The number of fused-ring (bicyclic) bond motifs is 1. The normalized spacial score (nSPS) is 21.5. The average molecular weight is 495 g/mol. The van der Waals surface area contributed by atoms with Crippen molar-refractivity contribution >= 4 is 44.7 Å². The number of piperidine rings is 1. The van der Waals surface area contributed by atoms with Gasteiger partial charge in [0.05, 0.1) is 11.7 Å². The van der Waals surface area contributed by atoms with Crippen molar-refractivity contribution in [1.82, 2.24) is 18.4 Å². The van der Waals surface area contributed by atoms with Crippen LogP contribution in [-0.2, 0) is 24.3 Å². The van der Waals surface area contributed by atoms with Gasteiger partial charge in [0.1, 0.15) is 22.0 Å². The lowest BCUT2D eigenvalue weighted by atomic mass is 9.89. The van der Waals surface area contributed by atoms with Gasteiger partial charge in [-0.1, -0.05) is 25.3 Å². The molecule has 4 rings (SSSR count). The molecule has 2 atom stereocenters. The lowest BCUT2D eigenvalue weighted by Gasteiger charge is -2.33. The maximum absolute atomic E-state index is 13.5. The highest BCUT2D eigenvalue weighted by Crippen LogP contribution is 2.30. The Morgan fingerprint density at radius 2 is 1.91 bits per heavy atom. The fraction of sp³-hybridized carbons (Fsp3) is 0.636. The van der Waals surface area contributed by atoms with Gasteiger partial charge in [0.2, 0.25) is 10.0 Å². The minimum absolute atomic E-state index is 0.0340. The summed E-state index contributed by atoms with van der Waals surface area (Å²) in [6.07, 6.45) is 6.52. The smallest absolute Gasteiger partial charge is 0.325 e. The fourth-order valence-corrected chi connectivity index (χ4v) is 7.03. The molecule has 2 aliphatic rings. The van der Waals surface area contributed by atoms with E-state index in [1.54, 1.807) is 12.1 Å². The summed E-state index contributed by atoms with van der Waals surface area (Å²) in [5.74, 6) is -0.577. The number of benzene rings is 1. The molecule has 1 aliphatic heterocycles. The Morgan fingerprint density at radius 1 is 1.15 bits per heavy atom. The van der Waals surface area contributed by atoms with E-state index in [1.807, 2.05) is 0 Å². The van der Waals surface area contributed by atoms with Crippen LogP contribution in [0.2, 0.25) is 0 Å². The van der Waals surface area contributed by atoms with Crippen LogP contribution in [0.4, 0.5) is 0 Å². The Morgan fingerprint density at radius 3 is 2.70 bits per heavy atom. The zero-order valence-corrected chi connectivity index (χ0v) is 20.4. The molecule has 2 fully saturated rings. The molecule has 1 amide bonds. The van der Waals surface area contributed by atoms with Gasteiger partial charge < -0.3 is 10.1 Å². The van der Waals surface area contributed by atoms with Crippen molar-refractivity contribution in [3.8, 4) is 0 Å². The Kier molecular flexibility index (Phi) is 7.60. The molecule has 9 nitrogen and oxygen atoms in total. The molecule has 1 N–H and O–H groups in total. The lowest BCUT2D eigenvalue weighted by Crippen LogP contribution is -2.50. The Hall–Kier alpha value is -2.11. The zero-order valence-electron chi connectivity index (χ0n) is 18.7. The van der Waals surface area contributed by atoms with Crippen molar-refractivity contribution in [2.24, 2.45) is 5.92 Å². The van der Waals surface area contributed by atoms with Gasteiger partial charge in [-0.05, 0) is 57.1 Å². The molecule has 0 bridgehead atoms. The predicted molar refractivity (Wildman–Crippen MR) is 124 cm³/mol. The van der Waals surface area contributed by atoms with Crippen molar-refractivity contribution in [2.75, 3.05) is 13.1 Å². The molecule has 0 spiro atoms. The predicted octanol–water partition coefficient (Wildman–Crippen LogP) is 2.86. The lowest BCUT2D eigenvalue weighted by molar-refractivity contribution is -0.159. The third-order valence-corrected chi connectivity index (χ3v) is 9.00. The number of esters is 1. The van der Waals surface area contributed by atoms with E-state index in [2.05, 4.69) is 14.1 Å². The second kappa shape index (κ2) is 10.4. The first-order chi connectivity index (χ1) is 15.9. The van der Waals surface area contributed by atoms with E-state index in [1.165, 1.54) is 36.6 Å². The maximum atomic E-state index is 13.5. The minimum atomic E-state index is -4.00. The van der Waals surface area contributed by atoms with Gasteiger partial charge in [-0.2, -0.15) is 13.1 Å². The zero-order chi connectivity index (χ0) is 23.4. The van der Waals surface area contributed by atoms with Crippen LogP contribution in [0, 0.1) is 5.92 Å². The SMILES string of the molecule is C[C@@H](OC(=O)[C@H]1CCCCN1S(=O)(=O)c1cccc2nsnc12)C(=O)NCC1CCCCC1. The molecule has 1 saturated heterocycles. The van der Waals surface area contributed by atoms with E-state index in [9.17, 15) is 18.0 Å². The van der Waals surface area contributed by atoms with Gasteiger partial charge in [0.15, 0.2) is 6.10 Å². The monoisotopic (exact) mass is 494 g/mol. The number of nitrogens with zero attached hydrogens (tertiary/aromatic N) is 3. The molecule has 11 heteroatoms. The number of hydrogen-bond donors (Lipinski definition) is 1. The highest BCUT2D eigenvalue weighted by atomic mass is 32.2. The summed E-state index contributed by atoms with van der Waals surface area (Å²) in [5, 5.41) is 2.88. The number of amides is 1. The van der Waals surface area contributed by atoms with E-state index in [0.29, 0.717) is 42.8 Å². The maximum Gasteiger partial charge on any atom is 0.325 e. The summed E-state index contributed by atoms with van der Waals surface area (Å²) in [7, 11) is -4.00. The fourth-order valence-electron chi connectivity index (χ4n) is 4.63. The van der Waals surface area contributed by atoms with E-state index in [4.69, 9.17) is 4.74 Å². The third kappa shape index (κ3) is 5.36.